The SMILES string of the molecule is CC(C)N(CC(N)=O)CC(=O)c1ccc(I)cc1. The standard InChI is InChI=1S/C13H17IN2O2/c1-9(2)16(8-13(15)18)7-12(17)10-3-5-11(14)6-4-10/h3-6,9H,7-8H2,1-2H3,(H2,15,18). The van der Waals surface area contributed by atoms with Gasteiger partial charge in [-0.2, -0.15) is 0 Å². The van der Waals surface area contributed by atoms with Gasteiger partial charge in [-0.25, -0.2) is 0 Å². The molecule has 0 spiro atoms. The molecular weight excluding hydrogens is 343 g/mol. The molecule has 1 amide bonds. The first kappa shape index (κ1) is 15.1. The Morgan fingerprint density at radius 3 is 2.22 bits per heavy atom. The lowest BCUT2D eigenvalue weighted by Crippen LogP contribution is -2.41. The van der Waals surface area contributed by atoms with Crippen LogP contribution in [0.2, 0.25) is 0 Å². The molecule has 2 N–H and O–H groups in total. The summed E-state index contributed by atoms with van der Waals surface area (Å²) in [6.45, 7) is 4.18. The summed E-state index contributed by atoms with van der Waals surface area (Å²) < 4.78 is 1.09. The van der Waals surface area contributed by atoms with Crippen molar-refractivity contribution >= 4 is 34.3 Å². The summed E-state index contributed by atoms with van der Waals surface area (Å²) in [6.07, 6.45) is 0. The number of ketones is 1. The Balaban J connectivity index is 2.72. The number of carbonyl (C=O) groups excluding carboxylic acids is 2. The molecule has 0 radical (unpaired) electrons. The second-order valence-corrected chi connectivity index (χ2v) is 5.64. The second kappa shape index (κ2) is 6.84. The molecular formula is C13H17IN2O2. The van der Waals surface area contributed by atoms with Crippen LogP contribution in [0.3, 0.4) is 0 Å². The third-order valence-electron chi connectivity index (χ3n) is 2.60. The molecule has 0 aliphatic carbocycles. The van der Waals surface area contributed by atoms with Crippen LogP contribution in [-0.4, -0.2) is 35.7 Å². The number of Topliss-reactive ketones (excluding diaryl/α,β-unsaturated/α-hetero) is 1. The molecule has 0 saturated carbocycles. The van der Waals surface area contributed by atoms with Crippen molar-refractivity contribution in [2.45, 2.75) is 19.9 Å². The number of benzene rings is 1. The van der Waals surface area contributed by atoms with Crippen LogP contribution in [0.25, 0.3) is 0 Å². The minimum Gasteiger partial charge on any atom is -0.369 e. The summed E-state index contributed by atoms with van der Waals surface area (Å²) in [5.41, 5.74) is 5.83. The van der Waals surface area contributed by atoms with Crippen LogP contribution in [0.1, 0.15) is 24.2 Å². The maximum absolute atomic E-state index is 12.1. The van der Waals surface area contributed by atoms with Crippen LogP contribution >= 0.6 is 22.6 Å². The first-order chi connectivity index (χ1) is 8.40. The van der Waals surface area contributed by atoms with Gasteiger partial charge in [0.25, 0.3) is 0 Å². The zero-order valence-electron chi connectivity index (χ0n) is 10.5. The van der Waals surface area contributed by atoms with Gasteiger partial charge in [-0.15, -0.1) is 0 Å². The fraction of sp³-hybridized carbons (Fsp3) is 0.385. The predicted octanol–water partition coefficient (Wildman–Crippen LogP) is 1.67. The van der Waals surface area contributed by atoms with Gasteiger partial charge in [-0.05, 0) is 48.6 Å². The summed E-state index contributed by atoms with van der Waals surface area (Å²) in [4.78, 5) is 24.8. The number of primary amides is 1. The lowest BCUT2D eigenvalue weighted by Gasteiger charge is -2.24. The summed E-state index contributed by atoms with van der Waals surface area (Å²) in [5.74, 6) is -0.416. The highest BCUT2D eigenvalue weighted by Gasteiger charge is 2.17. The highest BCUT2D eigenvalue weighted by molar-refractivity contribution is 14.1. The van der Waals surface area contributed by atoms with Crippen LogP contribution in [-0.2, 0) is 4.79 Å². The number of nitrogens with zero attached hydrogens (tertiary/aromatic N) is 1. The zero-order chi connectivity index (χ0) is 13.7. The Bertz CT molecular complexity index is 429. The van der Waals surface area contributed by atoms with E-state index >= 15 is 0 Å². The average molecular weight is 360 g/mol. The van der Waals surface area contributed by atoms with Crippen molar-refractivity contribution in [3.05, 3.63) is 33.4 Å². The normalized spacial score (nSPS) is 10.9. The zero-order valence-corrected chi connectivity index (χ0v) is 12.7. The van der Waals surface area contributed by atoms with E-state index in [0.717, 1.165) is 3.57 Å². The maximum Gasteiger partial charge on any atom is 0.231 e. The Labute approximate surface area is 121 Å². The molecule has 18 heavy (non-hydrogen) atoms. The van der Waals surface area contributed by atoms with E-state index in [0.29, 0.717) is 5.56 Å². The van der Waals surface area contributed by atoms with Gasteiger partial charge in [0.2, 0.25) is 5.91 Å². The molecule has 0 fully saturated rings. The molecule has 1 aromatic carbocycles. The number of rotatable bonds is 6. The van der Waals surface area contributed by atoms with Crippen molar-refractivity contribution in [2.24, 2.45) is 5.73 Å². The van der Waals surface area contributed by atoms with Crippen molar-refractivity contribution in [1.82, 2.24) is 4.90 Å². The van der Waals surface area contributed by atoms with Crippen molar-refractivity contribution in [3.63, 3.8) is 0 Å². The molecule has 1 aromatic rings. The van der Waals surface area contributed by atoms with Crippen molar-refractivity contribution in [2.75, 3.05) is 13.1 Å². The predicted molar refractivity (Wildman–Crippen MR) is 79.4 cm³/mol. The lowest BCUT2D eigenvalue weighted by molar-refractivity contribution is -0.119. The Morgan fingerprint density at radius 2 is 1.78 bits per heavy atom. The molecule has 0 aliphatic heterocycles. The quantitative estimate of drug-likeness (QED) is 0.620. The molecule has 0 saturated heterocycles. The number of hydrogen-bond acceptors (Lipinski definition) is 3. The molecule has 0 aliphatic rings. The van der Waals surface area contributed by atoms with E-state index in [1.807, 2.05) is 26.0 Å². The van der Waals surface area contributed by atoms with E-state index in [-0.39, 0.29) is 24.9 Å². The van der Waals surface area contributed by atoms with Crippen molar-refractivity contribution in [1.29, 1.82) is 0 Å². The molecule has 0 aromatic heterocycles. The van der Waals surface area contributed by atoms with E-state index in [9.17, 15) is 9.59 Å². The van der Waals surface area contributed by atoms with Crippen molar-refractivity contribution in [3.8, 4) is 0 Å². The number of nitrogens with two attached hydrogens (primary N) is 1. The van der Waals surface area contributed by atoms with Gasteiger partial charge in [0.1, 0.15) is 0 Å². The Kier molecular flexibility index (Phi) is 5.74. The summed E-state index contributed by atoms with van der Waals surface area (Å²) in [6, 6.07) is 7.48. The average Bonchev–Trinajstić information content (AvgIpc) is 2.28. The first-order valence-electron chi connectivity index (χ1n) is 5.71. The molecule has 0 unspecified atom stereocenters. The fourth-order valence-corrected chi connectivity index (χ4v) is 1.89. The van der Waals surface area contributed by atoms with Gasteiger partial charge in [0.15, 0.2) is 5.78 Å². The van der Waals surface area contributed by atoms with E-state index in [4.69, 9.17) is 5.73 Å². The fourth-order valence-electron chi connectivity index (χ4n) is 1.53. The van der Waals surface area contributed by atoms with Crippen molar-refractivity contribution < 1.29 is 9.59 Å². The third-order valence-corrected chi connectivity index (χ3v) is 3.32. The van der Waals surface area contributed by atoms with E-state index in [2.05, 4.69) is 22.6 Å². The number of halogens is 1. The van der Waals surface area contributed by atoms with E-state index < -0.39 is 5.91 Å². The first-order valence-corrected chi connectivity index (χ1v) is 6.79. The maximum atomic E-state index is 12.1. The minimum atomic E-state index is -0.417. The van der Waals surface area contributed by atoms with Gasteiger partial charge in [0, 0.05) is 15.2 Å². The van der Waals surface area contributed by atoms with E-state index in [1.54, 1.807) is 17.0 Å². The largest absolute Gasteiger partial charge is 0.369 e. The molecule has 0 heterocycles. The highest BCUT2D eigenvalue weighted by Crippen LogP contribution is 2.09. The van der Waals surface area contributed by atoms with Gasteiger partial charge < -0.3 is 5.73 Å². The molecule has 98 valence electrons. The summed E-state index contributed by atoms with van der Waals surface area (Å²) in [5, 5.41) is 0. The Morgan fingerprint density at radius 1 is 1.22 bits per heavy atom. The summed E-state index contributed by atoms with van der Waals surface area (Å²) >= 11 is 2.19. The van der Waals surface area contributed by atoms with Gasteiger partial charge in [-0.3, -0.25) is 14.5 Å². The molecule has 5 heteroatoms. The number of amides is 1. The number of carbonyl (C=O) groups is 2. The Hall–Kier alpha value is -0.950. The van der Waals surface area contributed by atoms with Gasteiger partial charge in [-0.1, -0.05) is 12.1 Å². The van der Waals surface area contributed by atoms with Gasteiger partial charge in [0.05, 0.1) is 13.1 Å². The lowest BCUT2D eigenvalue weighted by atomic mass is 10.1. The van der Waals surface area contributed by atoms with Crippen LogP contribution in [0.15, 0.2) is 24.3 Å². The topological polar surface area (TPSA) is 63.4 Å². The van der Waals surface area contributed by atoms with Crippen LogP contribution in [0, 0.1) is 3.57 Å². The molecule has 0 bridgehead atoms. The summed E-state index contributed by atoms with van der Waals surface area (Å²) in [7, 11) is 0. The van der Waals surface area contributed by atoms with E-state index in [1.165, 1.54) is 0 Å². The molecule has 4 nitrogen and oxygen atoms in total. The third kappa shape index (κ3) is 4.73. The smallest absolute Gasteiger partial charge is 0.231 e. The van der Waals surface area contributed by atoms with Crippen LogP contribution in [0.4, 0.5) is 0 Å². The monoisotopic (exact) mass is 360 g/mol. The highest BCUT2D eigenvalue weighted by atomic mass is 127. The van der Waals surface area contributed by atoms with Gasteiger partial charge >= 0.3 is 0 Å². The van der Waals surface area contributed by atoms with Crippen LogP contribution < -0.4 is 5.73 Å². The number of hydrogen-bond donors (Lipinski definition) is 1. The molecule has 0 atom stereocenters. The molecule has 1 rings (SSSR count). The second-order valence-electron chi connectivity index (χ2n) is 4.40. The minimum absolute atomic E-state index is 0.00125. The van der Waals surface area contributed by atoms with Crippen LogP contribution in [0.5, 0.6) is 0 Å².